The predicted molar refractivity (Wildman–Crippen MR) is 156 cm³/mol. The molecule has 1 heteroatoms. The number of benzene rings is 2. The standard InChI is InChI=1S/C21H25.C11H17.C3H6.Zr/c1-20(2,3)16-9-7-14-11-15-8-10-17(21(4,5)6)13-19(15)18(14)12-16;1-4-9-11(2,3)10-7-5-6-8-10;1-3-2;/h7,9-10,12-13H,11H2,1-6H3;7-8H,4-5,9H2,1-3H3;1-2H3;/q2*-1;;+2. The van der Waals surface area contributed by atoms with Gasteiger partial charge in [-0.15, -0.1) is 12.0 Å². The van der Waals surface area contributed by atoms with Gasteiger partial charge >= 0.3 is 41.3 Å². The Bertz CT molecular complexity index is 1040. The number of allylic oxidation sites excluding steroid dienone is 4. The Labute approximate surface area is 238 Å². The van der Waals surface area contributed by atoms with Gasteiger partial charge in [-0.3, -0.25) is 6.08 Å². The van der Waals surface area contributed by atoms with Crippen LogP contribution >= 0.6 is 0 Å². The minimum absolute atomic E-state index is 0.177. The van der Waals surface area contributed by atoms with Crippen molar-refractivity contribution in [3.05, 3.63) is 82.5 Å². The molecule has 0 atom stereocenters. The zero-order valence-corrected chi connectivity index (χ0v) is 27.3. The van der Waals surface area contributed by atoms with Crippen molar-refractivity contribution in [3.63, 3.8) is 0 Å². The molecule has 0 aliphatic heterocycles. The number of hydrogen-bond donors (Lipinski definition) is 0. The first-order chi connectivity index (χ1) is 16.6. The van der Waals surface area contributed by atoms with Crippen molar-refractivity contribution in [1.29, 1.82) is 0 Å². The molecule has 0 amide bonds. The van der Waals surface area contributed by atoms with Crippen molar-refractivity contribution in [2.24, 2.45) is 5.41 Å². The molecule has 0 unspecified atom stereocenters. The molecule has 0 spiro atoms. The van der Waals surface area contributed by atoms with Crippen LogP contribution in [0.25, 0.3) is 11.1 Å². The summed E-state index contributed by atoms with van der Waals surface area (Å²) < 4.78 is 1.51. The molecular weight excluding hydrogens is 512 g/mol. The molecule has 0 N–H and O–H groups in total. The van der Waals surface area contributed by atoms with Crippen LogP contribution < -0.4 is 0 Å². The fourth-order valence-electron chi connectivity index (χ4n) is 4.62. The molecule has 0 aromatic heterocycles. The Balaban J connectivity index is 0.000000255. The Hall–Kier alpha value is -1.33. The zero-order chi connectivity index (χ0) is 27.3. The van der Waals surface area contributed by atoms with Crippen molar-refractivity contribution < 1.29 is 24.2 Å². The molecule has 0 heterocycles. The van der Waals surface area contributed by atoms with Gasteiger partial charge < -0.3 is 0 Å². The van der Waals surface area contributed by atoms with E-state index >= 15 is 0 Å². The molecular formula is C35H48Zr. The molecule has 0 saturated heterocycles. The van der Waals surface area contributed by atoms with Gasteiger partial charge in [0.25, 0.3) is 0 Å². The second-order valence-electron chi connectivity index (χ2n) is 13.2. The molecule has 2 aliphatic carbocycles. The average molecular weight is 560 g/mol. The summed E-state index contributed by atoms with van der Waals surface area (Å²) in [6, 6.07) is 15.1. The van der Waals surface area contributed by atoms with E-state index in [1.165, 1.54) is 55.0 Å². The van der Waals surface area contributed by atoms with E-state index < -0.39 is 0 Å². The minimum atomic E-state index is 0.177. The summed E-state index contributed by atoms with van der Waals surface area (Å²) in [5.41, 5.74) is 10.6. The molecule has 0 fully saturated rings. The summed E-state index contributed by atoms with van der Waals surface area (Å²) >= 11 is 1.55. The number of hydrogen-bond acceptors (Lipinski definition) is 0. The van der Waals surface area contributed by atoms with E-state index in [2.05, 4.69) is 131 Å². The molecule has 36 heavy (non-hydrogen) atoms. The van der Waals surface area contributed by atoms with Crippen LogP contribution in [0, 0.1) is 17.6 Å². The topological polar surface area (TPSA) is 0 Å². The maximum atomic E-state index is 3.53. The van der Waals surface area contributed by atoms with Gasteiger partial charge in [-0.05, 0) is 17.4 Å². The van der Waals surface area contributed by atoms with Crippen LogP contribution in [0.5, 0.6) is 0 Å². The fourth-order valence-corrected chi connectivity index (χ4v) is 4.62. The van der Waals surface area contributed by atoms with E-state index in [0.29, 0.717) is 5.41 Å². The van der Waals surface area contributed by atoms with E-state index in [-0.39, 0.29) is 10.8 Å². The Morgan fingerprint density at radius 1 is 0.889 bits per heavy atom. The van der Waals surface area contributed by atoms with E-state index in [0.717, 1.165) is 12.8 Å². The SMILES string of the molecule is CC(C)(C)c1c[c-]c2c(c1)-c1cc(C(C)(C)C)ccc1C2.CCCC(C)(C)C1=CC[C-]=C1.C[C](C)=[Zr+2]. The van der Waals surface area contributed by atoms with Crippen LogP contribution in [0.1, 0.15) is 118 Å². The molecule has 2 aromatic carbocycles. The first kappa shape index (κ1) is 30.9. The molecule has 0 bridgehead atoms. The van der Waals surface area contributed by atoms with Gasteiger partial charge in [0.05, 0.1) is 0 Å². The summed E-state index contributed by atoms with van der Waals surface area (Å²) in [7, 11) is 0. The third-order valence-electron chi connectivity index (χ3n) is 6.88. The van der Waals surface area contributed by atoms with Gasteiger partial charge in [-0.25, -0.2) is 6.08 Å². The molecule has 192 valence electrons. The van der Waals surface area contributed by atoms with Gasteiger partial charge in [-0.2, -0.15) is 41.0 Å². The van der Waals surface area contributed by atoms with Gasteiger partial charge in [-0.1, -0.05) is 115 Å². The van der Waals surface area contributed by atoms with Crippen LogP contribution in [-0.4, -0.2) is 3.21 Å². The molecule has 0 nitrogen and oxygen atoms in total. The third-order valence-corrected chi connectivity index (χ3v) is 6.88. The average Bonchev–Trinajstić information content (AvgIpc) is 3.40. The van der Waals surface area contributed by atoms with Gasteiger partial charge in [0.2, 0.25) is 0 Å². The van der Waals surface area contributed by atoms with E-state index in [1.807, 2.05) is 0 Å². The fraction of sp³-hybridized carbons (Fsp3) is 0.514. The zero-order valence-electron chi connectivity index (χ0n) is 24.9. The van der Waals surface area contributed by atoms with Crippen LogP contribution in [0.3, 0.4) is 0 Å². The van der Waals surface area contributed by atoms with Gasteiger partial charge in [0.15, 0.2) is 0 Å². The molecule has 4 rings (SSSR count). The van der Waals surface area contributed by atoms with Crippen molar-refractivity contribution in [2.75, 3.05) is 0 Å². The van der Waals surface area contributed by atoms with Crippen molar-refractivity contribution >= 4 is 3.21 Å². The van der Waals surface area contributed by atoms with Gasteiger partial charge in [0, 0.05) is 0 Å². The first-order valence-electron chi connectivity index (χ1n) is 13.5. The molecule has 0 saturated carbocycles. The molecule has 2 aliphatic rings. The van der Waals surface area contributed by atoms with E-state index in [1.54, 1.807) is 24.2 Å². The quantitative estimate of drug-likeness (QED) is 0.280. The third kappa shape index (κ3) is 8.62. The van der Waals surface area contributed by atoms with E-state index in [9.17, 15) is 0 Å². The van der Waals surface area contributed by atoms with Crippen molar-refractivity contribution in [3.8, 4) is 11.1 Å². The monoisotopic (exact) mass is 558 g/mol. The number of rotatable bonds is 3. The summed E-state index contributed by atoms with van der Waals surface area (Å²) in [4.78, 5) is 0. The second kappa shape index (κ2) is 12.5. The summed E-state index contributed by atoms with van der Waals surface area (Å²) in [6.07, 6.45) is 12.2. The van der Waals surface area contributed by atoms with Crippen LogP contribution in [0.4, 0.5) is 0 Å². The molecule has 0 radical (unpaired) electrons. The first-order valence-corrected chi connectivity index (χ1v) is 14.8. The normalized spacial score (nSPS) is 14.2. The van der Waals surface area contributed by atoms with Gasteiger partial charge in [0.1, 0.15) is 0 Å². The summed E-state index contributed by atoms with van der Waals surface area (Å²) in [5, 5.41) is 0. The second-order valence-corrected chi connectivity index (χ2v) is 15.6. The summed E-state index contributed by atoms with van der Waals surface area (Å²) in [6.45, 7) is 24.8. The van der Waals surface area contributed by atoms with Crippen LogP contribution in [-0.2, 0) is 41.5 Å². The van der Waals surface area contributed by atoms with E-state index in [4.69, 9.17) is 0 Å². The molecule has 2 aromatic rings. The Morgan fingerprint density at radius 3 is 1.97 bits per heavy atom. The maximum absolute atomic E-state index is 3.53. The van der Waals surface area contributed by atoms with Crippen LogP contribution in [0.15, 0.2) is 48.1 Å². The van der Waals surface area contributed by atoms with Crippen LogP contribution in [0.2, 0.25) is 0 Å². The van der Waals surface area contributed by atoms with Crippen molar-refractivity contribution in [1.82, 2.24) is 0 Å². The summed E-state index contributed by atoms with van der Waals surface area (Å²) in [5.74, 6) is 0. The predicted octanol–water partition coefficient (Wildman–Crippen LogP) is 9.90. The number of fused-ring (bicyclic) bond motifs is 3. The Kier molecular flexibility index (Phi) is 10.7. The Morgan fingerprint density at radius 2 is 1.47 bits per heavy atom. The van der Waals surface area contributed by atoms with Crippen molar-refractivity contribution in [2.45, 2.75) is 113 Å².